The topological polar surface area (TPSA) is 184 Å². The van der Waals surface area contributed by atoms with Crippen molar-refractivity contribution in [3.05, 3.63) is 25.7 Å². The number of aromatic amines is 2. The van der Waals surface area contributed by atoms with E-state index in [0.717, 1.165) is 0 Å². The summed E-state index contributed by atoms with van der Waals surface area (Å²) in [7, 11) is 0. The van der Waals surface area contributed by atoms with Crippen molar-refractivity contribution in [2.75, 3.05) is 0 Å². The summed E-state index contributed by atoms with van der Waals surface area (Å²) in [5.41, 5.74) is 2.84. The Kier molecular flexibility index (Phi) is 2.32. The van der Waals surface area contributed by atoms with Crippen LogP contribution in [0.25, 0.3) is 17.1 Å². The third-order valence-electron chi connectivity index (χ3n) is 1.50. The Balaban J connectivity index is 2.24. The first kappa shape index (κ1) is 10.4. The van der Waals surface area contributed by atoms with Crippen molar-refractivity contribution in [1.82, 2.24) is 30.4 Å². The number of nitrogens with one attached hydrogen (secondary N) is 2. The molecule has 0 aliphatic rings. The molecule has 2 aromatic rings. The molecule has 0 aliphatic carbocycles. The lowest BCUT2D eigenvalue weighted by Crippen LogP contribution is -1.89. The lowest BCUT2D eigenvalue weighted by Gasteiger charge is -1.92. The number of hydrogen-bond acceptors (Lipinski definition) is 8. The van der Waals surface area contributed by atoms with Gasteiger partial charge in [-0.15, -0.1) is 5.10 Å². The van der Waals surface area contributed by atoms with E-state index in [4.69, 9.17) is 0 Å². The number of H-pyrrole nitrogens is 2. The molecule has 2 heterocycles. The molecule has 0 amide bonds. The Morgan fingerprint density at radius 1 is 1.06 bits per heavy atom. The van der Waals surface area contributed by atoms with Gasteiger partial charge in [0, 0.05) is 0 Å². The summed E-state index contributed by atoms with van der Waals surface area (Å²) >= 11 is 0. The highest BCUT2D eigenvalue weighted by molar-refractivity contribution is 5.46. The van der Waals surface area contributed by atoms with Crippen LogP contribution in [0.3, 0.4) is 0 Å². The van der Waals surface area contributed by atoms with Crippen LogP contribution in [0.2, 0.25) is 0 Å². The summed E-state index contributed by atoms with van der Waals surface area (Å²) in [5, 5.41) is 30.5. The second-order valence-corrected chi connectivity index (χ2v) is 2.56. The van der Waals surface area contributed by atoms with Gasteiger partial charge < -0.3 is 20.2 Å². The van der Waals surface area contributed by atoms with Gasteiger partial charge in [-0.1, -0.05) is 10.5 Å². The van der Waals surface area contributed by atoms with Crippen LogP contribution >= 0.6 is 0 Å². The summed E-state index contributed by atoms with van der Waals surface area (Å²) in [6.45, 7) is 0. The van der Waals surface area contributed by atoms with Crippen molar-refractivity contribution in [3.63, 3.8) is 0 Å². The van der Waals surface area contributed by atoms with Crippen LogP contribution in [-0.4, -0.2) is 40.3 Å². The Bertz CT molecular complexity index is 571. The lowest BCUT2D eigenvalue weighted by molar-refractivity contribution is -0.419. The molecular formula is C4H2N9O4-. The van der Waals surface area contributed by atoms with Crippen molar-refractivity contribution >= 4 is 11.9 Å². The highest BCUT2D eigenvalue weighted by Gasteiger charge is 2.16. The quantitative estimate of drug-likeness (QED) is 0.538. The molecule has 88 valence electrons. The molecule has 0 fully saturated rings. The molecule has 2 rings (SSSR count). The molecule has 0 spiro atoms. The van der Waals surface area contributed by atoms with E-state index < -0.39 is 15.9 Å². The first-order valence-electron chi connectivity index (χ1n) is 3.92. The molecule has 2 aromatic heterocycles. The minimum atomic E-state index is -0.968. The molecule has 0 aliphatic heterocycles. The first-order valence-corrected chi connectivity index (χ1v) is 3.92. The molecule has 0 atom stereocenters. The molecule has 13 nitrogen and oxygen atoms in total. The molecule has 17 heavy (non-hydrogen) atoms. The first-order chi connectivity index (χ1) is 8.06. The van der Waals surface area contributed by atoms with Gasteiger partial charge in [-0.3, -0.25) is 0 Å². The van der Waals surface area contributed by atoms with E-state index in [1.807, 2.05) is 5.10 Å². The second kappa shape index (κ2) is 3.80. The van der Waals surface area contributed by atoms with Gasteiger partial charge in [-0.25, -0.2) is 15.2 Å². The van der Waals surface area contributed by atoms with Crippen LogP contribution in [-0.2, 0) is 0 Å². The highest BCUT2D eigenvalue weighted by atomic mass is 16.7. The van der Waals surface area contributed by atoms with Crippen molar-refractivity contribution in [1.29, 1.82) is 0 Å². The predicted octanol–water partition coefficient (Wildman–Crippen LogP) is -0.305. The minimum Gasteiger partial charge on any atom is -0.390 e. The standard InChI is InChI=1S/C4H2N9O4/c14-12(15)4-6-2(8-10-4)1-5-3(9-7-1)11-13(16)17/h(H2-,5,6,7,8,9,10,11)/q-1. The Morgan fingerprint density at radius 2 is 1.71 bits per heavy atom. The molecule has 0 bridgehead atoms. The van der Waals surface area contributed by atoms with E-state index in [-0.39, 0.29) is 17.6 Å². The van der Waals surface area contributed by atoms with Crippen LogP contribution in [0, 0.1) is 20.2 Å². The average Bonchev–Trinajstić information content (AvgIpc) is 2.83. The zero-order valence-electron chi connectivity index (χ0n) is 7.76. The SMILES string of the molecule is O=[N+]([O-])[N-]c1nc(-c2n[nH]c([N+](=O)[O-])n2)n[nH]1. The summed E-state index contributed by atoms with van der Waals surface area (Å²) in [6.07, 6.45) is 0. The van der Waals surface area contributed by atoms with Gasteiger partial charge in [-0.2, -0.15) is 0 Å². The predicted molar refractivity (Wildman–Crippen MR) is 48.4 cm³/mol. The van der Waals surface area contributed by atoms with E-state index in [1.54, 1.807) is 0 Å². The number of nitro groups is 2. The van der Waals surface area contributed by atoms with E-state index in [2.05, 4.69) is 30.7 Å². The normalized spacial score (nSPS) is 10.1. The number of aromatic nitrogens is 6. The van der Waals surface area contributed by atoms with E-state index in [9.17, 15) is 20.2 Å². The zero-order valence-corrected chi connectivity index (χ0v) is 7.76. The van der Waals surface area contributed by atoms with Gasteiger partial charge in [-0.05, 0) is 9.91 Å². The Hall–Kier alpha value is -3.12. The van der Waals surface area contributed by atoms with Gasteiger partial charge in [0.25, 0.3) is 5.82 Å². The summed E-state index contributed by atoms with van der Waals surface area (Å²) < 4.78 is 0. The molecule has 0 saturated carbocycles. The molecule has 13 heteroatoms. The minimum absolute atomic E-state index is 0.144. The van der Waals surface area contributed by atoms with E-state index in [0.29, 0.717) is 0 Å². The highest BCUT2D eigenvalue weighted by Crippen LogP contribution is 2.16. The number of hydrogen-bond donors (Lipinski definition) is 2. The van der Waals surface area contributed by atoms with Crippen LogP contribution < -0.4 is 0 Å². The molecular weight excluding hydrogens is 238 g/mol. The van der Waals surface area contributed by atoms with Gasteiger partial charge in [0.05, 0.1) is 0 Å². The Morgan fingerprint density at radius 3 is 2.29 bits per heavy atom. The van der Waals surface area contributed by atoms with Crippen molar-refractivity contribution in [2.45, 2.75) is 0 Å². The summed E-state index contributed by atoms with van der Waals surface area (Å²) in [5.74, 6) is -1.26. The van der Waals surface area contributed by atoms with E-state index >= 15 is 0 Å². The third kappa shape index (κ3) is 2.11. The van der Waals surface area contributed by atoms with E-state index in [1.165, 1.54) is 0 Å². The zero-order chi connectivity index (χ0) is 12.4. The van der Waals surface area contributed by atoms with Crippen molar-refractivity contribution in [3.8, 4) is 11.6 Å². The van der Waals surface area contributed by atoms with Gasteiger partial charge in [0.15, 0.2) is 5.82 Å². The Labute approximate surface area is 90.5 Å². The van der Waals surface area contributed by atoms with Crippen molar-refractivity contribution in [2.24, 2.45) is 0 Å². The van der Waals surface area contributed by atoms with Gasteiger partial charge >= 0.3 is 5.95 Å². The maximum atomic E-state index is 10.3. The van der Waals surface area contributed by atoms with Crippen LogP contribution in [0.15, 0.2) is 0 Å². The van der Waals surface area contributed by atoms with Gasteiger partial charge in [0.2, 0.25) is 0 Å². The molecule has 0 aromatic carbocycles. The fourth-order valence-corrected chi connectivity index (χ4v) is 0.910. The van der Waals surface area contributed by atoms with Crippen molar-refractivity contribution < 1.29 is 9.96 Å². The fraction of sp³-hybridized carbons (Fsp3) is 0. The maximum Gasteiger partial charge on any atom is 0.453 e. The van der Waals surface area contributed by atoms with Crippen LogP contribution in [0.1, 0.15) is 0 Å². The monoisotopic (exact) mass is 240 g/mol. The second-order valence-electron chi connectivity index (χ2n) is 2.56. The van der Waals surface area contributed by atoms with Crippen LogP contribution in [0.5, 0.6) is 0 Å². The largest absolute Gasteiger partial charge is 0.453 e. The maximum absolute atomic E-state index is 10.3. The molecule has 0 radical (unpaired) electrons. The number of nitrogens with zero attached hydrogens (tertiary/aromatic N) is 7. The average molecular weight is 240 g/mol. The third-order valence-corrected chi connectivity index (χ3v) is 1.50. The van der Waals surface area contributed by atoms with Crippen LogP contribution in [0.4, 0.5) is 11.9 Å². The summed E-state index contributed by atoms with van der Waals surface area (Å²) in [6, 6.07) is 0. The smallest absolute Gasteiger partial charge is 0.390 e. The lowest BCUT2D eigenvalue weighted by atomic mass is 10.6. The summed E-state index contributed by atoms with van der Waals surface area (Å²) in [4.78, 5) is 26.6. The molecule has 0 saturated heterocycles. The fourth-order valence-electron chi connectivity index (χ4n) is 0.910. The number of rotatable bonds is 4. The molecule has 2 N–H and O–H groups in total. The molecule has 0 unspecified atom stereocenters. The van der Waals surface area contributed by atoms with Gasteiger partial charge in [0.1, 0.15) is 11.0 Å².